The van der Waals surface area contributed by atoms with Gasteiger partial charge in [0.05, 0.1) is 17.4 Å². The van der Waals surface area contributed by atoms with Crippen molar-refractivity contribution in [3.63, 3.8) is 0 Å². The zero-order valence-electron chi connectivity index (χ0n) is 14.2. The van der Waals surface area contributed by atoms with Gasteiger partial charge in [-0.05, 0) is 25.3 Å². The minimum Gasteiger partial charge on any atom is -0.377 e. The van der Waals surface area contributed by atoms with Crippen LogP contribution in [0.4, 0.5) is 5.95 Å². The summed E-state index contributed by atoms with van der Waals surface area (Å²) in [7, 11) is 0. The van der Waals surface area contributed by atoms with Gasteiger partial charge in [0.1, 0.15) is 0 Å². The van der Waals surface area contributed by atoms with Gasteiger partial charge in [0.2, 0.25) is 5.95 Å². The third-order valence-electron chi connectivity index (χ3n) is 5.38. The summed E-state index contributed by atoms with van der Waals surface area (Å²) in [6, 6.07) is 10.5. The van der Waals surface area contributed by atoms with Gasteiger partial charge >= 0.3 is 0 Å². The predicted molar refractivity (Wildman–Crippen MR) is 93.9 cm³/mol. The Morgan fingerprint density at radius 3 is 2.92 bits per heavy atom. The summed E-state index contributed by atoms with van der Waals surface area (Å²) in [5, 5.41) is 3.19. The highest BCUT2D eigenvalue weighted by atomic mass is 16.5. The Labute approximate surface area is 146 Å². The molecule has 1 saturated carbocycles. The van der Waals surface area contributed by atoms with E-state index in [4.69, 9.17) is 10.5 Å². The third-order valence-corrected chi connectivity index (χ3v) is 5.38. The van der Waals surface area contributed by atoms with Crippen LogP contribution in [0.3, 0.4) is 0 Å². The van der Waals surface area contributed by atoms with Crippen molar-refractivity contribution in [2.75, 3.05) is 12.3 Å². The first kappa shape index (κ1) is 16.0. The number of nitrogen functional groups attached to an aromatic ring is 1. The van der Waals surface area contributed by atoms with Crippen molar-refractivity contribution < 1.29 is 9.53 Å². The van der Waals surface area contributed by atoms with E-state index >= 15 is 0 Å². The van der Waals surface area contributed by atoms with Gasteiger partial charge in [0.15, 0.2) is 0 Å². The lowest BCUT2D eigenvalue weighted by Gasteiger charge is -2.48. The van der Waals surface area contributed by atoms with Crippen LogP contribution in [0.1, 0.15) is 28.0 Å². The van der Waals surface area contributed by atoms with E-state index in [1.165, 1.54) is 11.8 Å². The number of rotatable bonds is 4. The number of amides is 1. The standard InChI is InChI=1S/C19H22N4O2/c1-11-15(10-21-19(20)22-11)18(24)23-16-13-7-8-25-17(13)14(16)9-12-5-3-2-4-6-12/h2-6,10,13-14,16-17H,7-9H2,1H3,(H,23,24)(H2,20,21,22)/t13-,14+,16-,17-/m0/s1. The van der Waals surface area contributed by atoms with E-state index in [-0.39, 0.29) is 24.0 Å². The molecule has 1 saturated heterocycles. The van der Waals surface area contributed by atoms with Gasteiger partial charge in [0, 0.05) is 30.7 Å². The fourth-order valence-corrected chi connectivity index (χ4v) is 4.11. The van der Waals surface area contributed by atoms with Crippen molar-refractivity contribution in [3.05, 3.63) is 53.3 Å². The number of hydrogen-bond donors (Lipinski definition) is 2. The molecule has 0 spiro atoms. The smallest absolute Gasteiger partial charge is 0.254 e. The Morgan fingerprint density at radius 1 is 1.36 bits per heavy atom. The number of fused-ring (bicyclic) bond motifs is 1. The van der Waals surface area contributed by atoms with Gasteiger partial charge in [-0.25, -0.2) is 9.97 Å². The summed E-state index contributed by atoms with van der Waals surface area (Å²) in [6.07, 6.45) is 3.65. The van der Waals surface area contributed by atoms with Gasteiger partial charge in [-0.3, -0.25) is 4.79 Å². The molecule has 6 heteroatoms. The minimum absolute atomic E-state index is 0.122. The maximum atomic E-state index is 12.7. The topological polar surface area (TPSA) is 90.1 Å². The highest BCUT2D eigenvalue weighted by Crippen LogP contribution is 2.45. The molecule has 0 unspecified atom stereocenters. The lowest BCUT2D eigenvalue weighted by Crippen LogP contribution is -2.62. The van der Waals surface area contributed by atoms with E-state index in [0.29, 0.717) is 23.1 Å². The molecule has 4 atom stereocenters. The normalized spacial score (nSPS) is 27.4. The maximum Gasteiger partial charge on any atom is 0.254 e. The van der Waals surface area contributed by atoms with Crippen LogP contribution >= 0.6 is 0 Å². The second-order valence-corrected chi connectivity index (χ2v) is 6.87. The molecule has 1 aromatic carbocycles. The average Bonchev–Trinajstić information content (AvgIpc) is 3.03. The van der Waals surface area contributed by atoms with Gasteiger partial charge in [-0.2, -0.15) is 0 Å². The van der Waals surface area contributed by atoms with E-state index in [9.17, 15) is 4.79 Å². The van der Waals surface area contributed by atoms with Gasteiger partial charge in [-0.15, -0.1) is 0 Å². The summed E-state index contributed by atoms with van der Waals surface area (Å²) >= 11 is 0. The second-order valence-electron chi connectivity index (χ2n) is 6.87. The van der Waals surface area contributed by atoms with Gasteiger partial charge < -0.3 is 15.8 Å². The zero-order chi connectivity index (χ0) is 17.4. The fourth-order valence-electron chi connectivity index (χ4n) is 4.11. The number of hydrogen-bond acceptors (Lipinski definition) is 5. The molecule has 1 aliphatic heterocycles. The fraction of sp³-hybridized carbons (Fsp3) is 0.421. The SMILES string of the molecule is Cc1nc(N)ncc1C(=O)N[C@@H]1[C@@H](Cc2ccccc2)[C@H]2OCC[C@@H]12. The van der Waals surface area contributed by atoms with Crippen molar-refractivity contribution in [2.24, 2.45) is 11.8 Å². The molecule has 0 radical (unpaired) electrons. The predicted octanol–water partition coefficient (Wildman–Crippen LogP) is 1.74. The summed E-state index contributed by atoms with van der Waals surface area (Å²) < 4.78 is 5.90. The average molecular weight is 338 g/mol. The first-order valence-corrected chi connectivity index (χ1v) is 8.69. The molecule has 130 valence electrons. The van der Waals surface area contributed by atoms with Crippen LogP contribution in [0.5, 0.6) is 0 Å². The van der Waals surface area contributed by atoms with Crippen molar-refractivity contribution in [2.45, 2.75) is 31.9 Å². The van der Waals surface area contributed by atoms with Crippen LogP contribution in [0.15, 0.2) is 36.5 Å². The molecule has 3 N–H and O–H groups in total. The first-order chi connectivity index (χ1) is 12.1. The summed E-state index contributed by atoms with van der Waals surface area (Å²) in [5.41, 5.74) is 7.93. The molecule has 2 fully saturated rings. The second kappa shape index (κ2) is 6.44. The summed E-state index contributed by atoms with van der Waals surface area (Å²) in [4.78, 5) is 20.7. The maximum absolute atomic E-state index is 12.7. The van der Waals surface area contributed by atoms with E-state index in [0.717, 1.165) is 19.4 Å². The Hall–Kier alpha value is -2.47. The molecule has 1 aromatic heterocycles. The van der Waals surface area contributed by atoms with Crippen molar-refractivity contribution in [3.8, 4) is 0 Å². The van der Waals surface area contributed by atoms with Crippen molar-refractivity contribution >= 4 is 11.9 Å². The number of ether oxygens (including phenoxy) is 1. The number of carbonyl (C=O) groups is 1. The number of aryl methyl sites for hydroxylation is 1. The van der Waals surface area contributed by atoms with Gasteiger partial charge in [0.25, 0.3) is 5.91 Å². The minimum atomic E-state index is -0.133. The lowest BCUT2D eigenvalue weighted by molar-refractivity contribution is -0.0528. The third kappa shape index (κ3) is 2.98. The quantitative estimate of drug-likeness (QED) is 0.886. The van der Waals surface area contributed by atoms with Crippen LogP contribution in [0.2, 0.25) is 0 Å². The molecule has 0 bridgehead atoms. The molecular weight excluding hydrogens is 316 g/mol. The first-order valence-electron chi connectivity index (χ1n) is 8.69. The molecular formula is C19H22N4O2. The zero-order valence-corrected chi connectivity index (χ0v) is 14.2. The van der Waals surface area contributed by atoms with Crippen LogP contribution in [-0.2, 0) is 11.2 Å². The van der Waals surface area contributed by atoms with E-state index < -0.39 is 0 Å². The molecule has 4 rings (SSSR count). The number of carbonyl (C=O) groups excluding carboxylic acids is 1. The lowest BCUT2D eigenvalue weighted by atomic mass is 9.64. The van der Waals surface area contributed by atoms with E-state index in [2.05, 4.69) is 27.4 Å². The van der Waals surface area contributed by atoms with Crippen molar-refractivity contribution in [1.82, 2.24) is 15.3 Å². The largest absolute Gasteiger partial charge is 0.377 e. The molecule has 1 amide bonds. The number of aromatic nitrogens is 2. The summed E-state index contributed by atoms with van der Waals surface area (Å²) in [6.45, 7) is 2.55. The molecule has 2 aromatic rings. The number of nitrogens with zero attached hydrogens (tertiary/aromatic N) is 2. The summed E-state index contributed by atoms with van der Waals surface area (Å²) in [5.74, 6) is 0.747. The molecule has 1 aliphatic carbocycles. The van der Waals surface area contributed by atoms with Crippen molar-refractivity contribution in [1.29, 1.82) is 0 Å². The number of nitrogens with two attached hydrogens (primary N) is 1. The Bertz CT molecular complexity index is 780. The Balaban J connectivity index is 1.50. The van der Waals surface area contributed by atoms with E-state index in [1.54, 1.807) is 6.92 Å². The molecule has 2 aliphatic rings. The highest BCUT2D eigenvalue weighted by molar-refractivity contribution is 5.95. The van der Waals surface area contributed by atoms with Crippen LogP contribution in [0, 0.1) is 18.8 Å². The highest BCUT2D eigenvalue weighted by Gasteiger charge is 2.54. The van der Waals surface area contributed by atoms with Crippen LogP contribution in [-0.4, -0.2) is 34.6 Å². The Morgan fingerprint density at radius 2 is 2.16 bits per heavy atom. The molecule has 25 heavy (non-hydrogen) atoms. The number of benzene rings is 1. The van der Waals surface area contributed by atoms with Crippen LogP contribution in [0.25, 0.3) is 0 Å². The number of anilines is 1. The monoisotopic (exact) mass is 338 g/mol. The van der Waals surface area contributed by atoms with E-state index in [1.807, 2.05) is 18.2 Å². The van der Waals surface area contributed by atoms with Gasteiger partial charge in [-0.1, -0.05) is 30.3 Å². The number of nitrogens with one attached hydrogen (secondary N) is 1. The Kier molecular flexibility index (Phi) is 4.13. The molecule has 6 nitrogen and oxygen atoms in total. The van der Waals surface area contributed by atoms with Crippen LogP contribution < -0.4 is 11.1 Å². The molecule has 2 heterocycles.